The average molecular weight is 183 g/mol. The smallest absolute Gasteiger partial charge is 0.270 e. The summed E-state index contributed by atoms with van der Waals surface area (Å²) in [4.78, 5) is 12.5. The normalized spacial score (nSPS) is 10.0. The van der Waals surface area contributed by atoms with E-state index in [-0.39, 0.29) is 11.9 Å². The van der Waals surface area contributed by atoms with Crippen LogP contribution in [0.3, 0.4) is 0 Å². The lowest BCUT2D eigenvalue weighted by molar-refractivity contribution is -0.116. The second-order valence-electron chi connectivity index (χ2n) is 2.75. The molecule has 1 aromatic rings. The molecule has 1 N–H and O–H groups in total. The number of hydrogen-bond acceptors (Lipinski definition) is 4. The third-order valence-corrected chi connectivity index (χ3v) is 1.52. The van der Waals surface area contributed by atoms with Crippen molar-refractivity contribution in [3.63, 3.8) is 0 Å². The Morgan fingerprint density at radius 2 is 2.38 bits per heavy atom. The highest BCUT2D eigenvalue weighted by Gasteiger charge is 2.04. The van der Waals surface area contributed by atoms with E-state index in [0.29, 0.717) is 6.42 Å². The second kappa shape index (κ2) is 4.54. The highest BCUT2D eigenvalue weighted by Crippen LogP contribution is 1.98. The fourth-order valence-electron chi connectivity index (χ4n) is 0.859. The number of carbonyl (C=O) groups is 1. The topological polar surface area (TPSA) is 72.7 Å². The van der Waals surface area contributed by atoms with Crippen molar-refractivity contribution < 1.29 is 4.79 Å². The molecule has 1 aromatic heterocycles. The number of tetrazole rings is 1. The third kappa shape index (κ3) is 3.18. The van der Waals surface area contributed by atoms with E-state index in [1.807, 2.05) is 6.92 Å². The Kier molecular flexibility index (Phi) is 3.36. The lowest BCUT2D eigenvalue weighted by Gasteiger charge is -1.97. The summed E-state index contributed by atoms with van der Waals surface area (Å²) in [6.07, 6.45) is 2.39. The molecule has 1 rings (SSSR count). The maximum absolute atomic E-state index is 11.2. The molecule has 0 spiro atoms. The van der Waals surface area contributed by atoms with Gasteiger partial charge in [0.1, 0.15) is 0 Å². The van der Waals surface area contributed by atoms with Crippen LogP contribution in [-0.4, -0.2) is 26.1 Å². The van der Waals surface area contributed by atoms with Crippen LogP contribution in [-0.2, 0) is 11.8 Å². The van der Waals surface area contributed by atoms with Gasteiger partial charge in [-0.25, -0.2) is 0 Å². The number of hydrogen-bond donors (Lipinski definition) is 1. The molecule has 0 unspecified atom stereocenters. The molecule has 0 saturated heterocycles. The number of aromatic nitrogens is 4. The lowest BCUT2D eigenvalue weighted by Crippen LogP contribution is -2.12. The van der Waals surface area contributed by atoms with Crippen LogP contribution in [0.4, 0.5) is 5.95 Å². The van der Waals surface area contributed by atoms with Crippen molar-refractivity contribution in [2.45, 2.75) is 26.2 Å². The first kappa shape index (κ1) is 9.63. The van der Waals surface area contributed by atoms with Crippen LogP contribution in [0.1, 0.15) is 26.2 Å². The number of unbranched alkanes of at least 4 members (excludes halogenated alkanes) is 1. The number of aryl methyl sites for hydroxylation is 1. The Hall–Kier alpha value is -1.46. The molecular weight excluding hydrogens is 170 g/mol. The highest BCUT2D eigenvalue weighted by molar-refractivity contribution is 5.88. The molecule has 0 bridgehead atoms. The molecule has 1 amide bonds. The molecule has 0 aliphatic heterocycles. The van der Waals surface area contributed by atoms with E-state index >= 15 is 0 Å². The molecule has 0 atom stereocenters. The number of anilines is 1. The summed E-state index contributed by atoms with van der Waals surface area (Å²) in [6, 6.07) is 0. The van der Waals surface area contributed by atoms with E-state index < -0.39 is 0 Å². The van der Waals surface area contributed by atoms with Gasteiger partial charge in [0, 0.05) is 6.42 Å². The van der Waals surface area contributed by atoms with Crippen molar-refractivity contribution in [3.05, 3.63) is 0 Å². The Morgan fingerprint density at radius 3 is 2.92 bits per heavy atom. The minimum atomic E-state index is -0.0603. The van der Waals surface area contributed by atoms with Crippen molar-refractivity contribution in [2.75, 3.05) is 5.32 Å². The van der Waals surface area contributed by atoms with Crippen molar-refractivity contribution >= 4 is 11.9 Å². The fourth-order valence-corrected chi connectivity index (χ4v) is 0.859. The zero-order chi connectivity index (χ0) is 9.68. The van der Waals surface area contributed by atoms with Crippen molar-refractivity contribution in [1.82, 2.24) is 20.2 Å². The van der Waals surface area contributed by atoms with Gasteiger partial charge in [0.25, 0.3) is 5.95 Å². The van der Waals surface area contributed by atoms with Crippen LogP contribution in [0.2, 0.25) is 0 Å². The Bertz CT molecular complexity index is 282. The maximum atomic E-state index is 11.2. The van der Waals surface area contributed by atoms with Crippen LogP contribution in [0.15, 0.2) is 0 Å². The van der Waals surface area contributed by atoms with Gasteiger partial charge in [-0.1, -0.05) is 18.4 Å². The summed E-state index contributed by atoms with van der Waals surface area (Å²) in [7, 11) is 1.65. The first-order valence-electron chi connectivity index (χ1n) is 4.26. The standard InChI is InChI=1S/C7H13N5O/c1-3-4-5-6(13)8-7-9-11-12(2)10-7/h3-5H2,1-2H3,(H,8,10,13). The molecule has 0 fully saturated rings. The number of amides is 1. The Balaban J connectivity index is 2.36. The van der Waals surface area contributed by atoms with Crippen molar-refractivity contribution in [2.24, 2.45) is 7.05 Å². The molecule has 0 saturated carbocycles. The van der Waals surface area contributed by atoms with Gasteiger partial charge in [0.2, 0.25) is 5.91 Å². The third-order valence-electron chi connectivity index (χ3n) is 1.52. The van der Waals surface area contributed by atoms with Gasteiger partial charge in [-0.3, -0.25) is 10.1 Å². The molecule has 72 valence electrons. The van der Waals surface area contributed by atoms with Crippen LogP contribution in [0.25, 0.3) is 0 Å². The van der Waals surface area contributed by atoms with Gasteiger partial charge in [-0.05, 0) is 11.6 Å². The lowest BCUT2D eigenvalue weighted by atomic mass is 10.2. The van der Waals surface area contributed by atoms with E-state index in [4.69, 9.17) is 0 Å². The largest absolute Gasteiger partial charge is 0.292 e. The van der Waals surface area contributed by atoms with Crippen molar-refractivity contribution in [1.29, 1.82) is 0 Å². The van der Waals surface area contributed by atoms with Crippen LogP contribution >= 0.6 is 0 Å². The minimum Gasteiger partial charge on any atom is -0.292 e. The molecule has 13 heavy (non-hydrogen) atoms. The molecule has 6 nitrogen and oxygen atoms in total. The number of nitrogens with one attached hydrogen (secondary N) is 1. The van der Waals surface area contributed by atoms with E-state index in [9.17, 15) is 4.79 Å². The molecular formula is C7H13N5O. The van der Waals surface area contributed by atoms with E-state index in [0.717, 1.165) is 12.8 Å². The first-order chi connectivity index (χ1) is 6.22. The molecule has 1 heterocycles. The van der Waals surface area contributed by atoms with Gasteiger partial charge < -0.3 is 0 Å². The Morgan fingerprint density at radius 1 is 1.62 bits per heavy atom. The summed E-state index contributed by atoms with van der Waals surface area (Å²) in [5.41, 5.74) is 0. The molecule has 0 radical (unpaired) electrons. The molecule has 0 aromatic carbocycles. The SMILES string of the molecule is CCCCC(=O)Nc1nnn(C)n1. The van der Waals surface area contributed by atoms with Gasteiger partial charge >= 0.3 is 0 Å². The van der Waals surface area contributed by atoms with Gasteiger partial charge in [-0.2, -0.15) is 4.80 Å². The highest BCUT2D eigenvalue weighted by atomic mass is 16.1. The Labute approximate surface area is 76.3 Å². The van der Waals surface area contributed by atoms with Gasteiger partial charge in [-0.15, -0.1) is 5.10 Å². The van der Waals surface area contributed by atoms with Crippen LogP contribution < -0.4 is 5.32 Å². The molecule has 0 aliphatic carbocycles. The van der Waals surface area contributed by atoms with Crippen LogP contribution in [0.5, 0.6) is 0 Å². The summed E-state index contributed by atoms with van der Waals surface area (Å²) < 4.78 is 0. The predicted octanol–water partition coefficient (Wildman–Crippen LogP) is 0.339. The van der Waals surface area contributed by atoms with Gasteiger partial charge in [0.15, 0.2) is 0 Å². The van der Waals surface area contributed by atoms with E-state index in [1.165, 1.54) is 4.80 Å². The summed E-state index contributed by atoms with van der Waals surface area (Å²) in [5, 5.41) is 13.6. The zero-order valence-electron chi connectivity index (χ0n) is 7.82. The quantitative estimate of drug-likeness (QED) is 0.730. The van der Waals surface area contributed by atoms with Crippen molar-refractivity contribution in [3.8, 4) is 0 Å². The molecule has 6 heteroatoms. The first-order valence-corrected chi connectivity index (χ1v) is 4.26. The number of carbonyl (C=O) groups excluding carboxylic acids is 1. The van der Waals surface area contributed by atoms with E-state index in [2.05, 4.69) is 20.7 Å². The number of rotatable bonds is 4. The van der Waals surface area contributed by atoms with Gasteiger partial charge in [0.05, 0.1) is 7.05 Å². The zero-order valence-corrected chi connectivity index (χ0v) is 7.82. The predicted molar refractivity (Wildman–Crippen MR) is 47.0 cm³/mol. The minimum absolute atomic E-state index is 0.0603. The van der Waals surface area contributed by atoms with E-state index in [1.54, 1.807) is 7.05 Å². The summed E-state index contributed by atoms with van der Waals surface area (Å²) >= 11 is 0. The second-order valence-corrected chi connectivity index (χ2v) is 2.75. The molecule has 0 aliphatic rings. The summed E-state index contributed by atoms with van der Waals surface area (Å²) in [6.45, 7) is 2.04. The van der Waals surface area contributed by atoms with Crippen LogP contribution in [0, 0.1) is 0 Å². The monoisotopic (exact) mass is 183 g/mol. The summed E-state index contributed by atoms with van der Waals surface area (Å²) in [5.74, 6) is 0.207. The number of nitrogens with zero attached hydrogens (tertiary/aromatic N) is 4. The average Bonchev–Trinajstić information content (AvgIpc) is 2.48. The fraction of sp³-hybridized carbons (Fsp3) is 0.714. The maximum Gasteiger partial charge on any atom is 0.270 e.